The molecular weight excluding hydrogens is 300 g/mol. The third-order valence-corrected chi connectivity index (χ3v) is 5.68. The van der Waals surface area contributed by atoms with Gasteiger partial charge >= 0.3 is 0 Å². The van der Waals surface area contributed by atoms with Gasteiger partial charge in [0.25, 0.3) is 0 Å². The van der Waals surface area contributed by atoms with Crippen LogP contribution in [0.3, 0.4) is 0 Å². The number of rotatable bonds is 6. The van der Waals surface area contributed by atoms with Crippen LogP contribution >= 0.6 is 0 Å². The Balaban J connectivity index is 2.07. The Labute approximate surface area is 132 Å². The summed E-state index contributed by atoms with van der Waals surface area (Å²) >= 11 is 0. The molecule has 5 nitrogen and oxygen atoms in total. The van der Waals surface area contributed by atoms with E-state index in [1.807, 2.05) is 19.1 Å². The lowest BCUT2D eigenvalue weighted by Gasteiger charge is -2.21. The van der Waals surface area contributed by atoms with Gasteiger partial charge in [-0.2, -0.15) is 0 Å². The molecule has 22 heavy (non-hydrogen) atoms. The van der Waals surface area contributed by atoms with Gasteiger partial charge in [-0.25, -0.2) is 13.1 Å². The largest absolute Gasteiger partial charge is 0.339 e. The Kier molecular flexibility index (Phi) is 4.92. The maximum Gasteiger partial charge on any atom is 0.241 e. The van der Waals surface area contributed by atoms with E-state index < -0.39 is 10.0 Å². The fourth-order valence-electron chi connectivity index (χ4n) is 2.95. The van der Waals surface area contributed by atoms with Crippen LogP contribution in [-0.2, 0) is 14.8 Å². The van der Waals surface area contributed by atoms with Crippen LogP contribution in [-0.4, -0.2) is 38.4 Å². The van der Waals surface area contributed by atoms with Crippen molar-refractivity contribution in [3.05, 3.63) is 28.8 Å². The maximum absolute atomic E-state index is 12.5. The van der Waals surface area contributed by atoms with Crippen molar-refractivity contribution in [2.24, 2.45) is 0 Å². The van der Waals surface area contributed by atoms with Crippen LogP contribution in [0.2, 0.25) is 0 Å². The zero-order valence-electron chi connectivity index (χ0n) is 13.6. The van der Waals surface area contributed by atoms with Gasteiger partial charge in [0, 0.05) is 26.1 Å². The molecule has 2 rings (SSSR count). The predicted octanol–water partition coefficient (Wildman–Crippen LogP) is 1.90. The minimum Gasteiger partial charge on any atom is -0.339 e. The summed E-state index contributed by atoms with van der Waals surface area (Å²) in [6, 6.07) is 4.03. The minimum absolute atomic E-state index is 0.00407. The topological polar surface area (TPSA) is 66.5 Å². The molecule has 0 aliphatic heterocycles. The fraction of sp³-hybridized carbons (Fsp3) is 0.562. The first-order valence-electron chi connectivity index (χ1n) is 7.57. The van der Waals surface area contributed by atoms with E-state index in [4.69, 9.17) is 0 Å². The summed E-state index contributed by atoms with van der Waals surface area (Å²) in [5.41, 5.74) is 2.54. The number of benzene rings is 1. The Morgan fingerprint density at radius 2 is 1.77 bits per heavy atom. The second kappa shape index (κ2) is 6.38. The smallest absolute Gasteiger partial charge is 0.241 e. The van der Waals surface area contributed by atoms with Crippen LogP contribution < -0.4 is 4.72 Å². The highest BCUT2D eigenvalue weighted by Crippen LogP contribution is 2.26. The van der Waals surface area contributed by atoms with Gasteiger partial charge in [-0.15, -0.1) is 0 Å². The van der Waals surface area contributed by atoms with E-state index >= 15 is 0 Å². The number of nitrogens with one attached hydrogen (secondary N) is 1. The molecule has 1 aliphatic rings. The standard InChI is InChI=1S/C16H24N2O3S/c1-11-9-12(2)16(13(3)10-11)22(20,21)17-7-8-18(14(4)19)15-5-6-15/h9-10,15,17H,5-8H2,1-4H3. The average Bonchev–Trinajstić information content (AvgIpc) is 3.16. The van der Waals surface area contributed by atoms with Crippen LogP contribution in [0.15, 0.2) is 17.0 Å². The molecule has 6 heteroatoms. The van der Waals surface area contributed by atoms with Crippen LogP contribution in [0.4, 0.5) is 0 Å². The van der Waals surface area contributed by atoms with Crippen LogP contribution in [0.25, 0.3) is 0 Å². The van der Waals surface area contributed by atoms with Crippen molar-refractivity contribution in [1.82, 2.24) is 9.62 Å². The average molecular weight is 324 g/mol. The molecule has 1 aromatic rings. The number of amides is 1. The Morgan fingerprint density at radius 3 is 2.23 bits per heavy atom. The Morgan fingerprint density at radius 1 is 1.23 bits per heavy atom. The molecule has 1 aliphatic carbocycles. The molecule has 1 amide bonds. The SMILES string of the molecule is CC(=O)N(CCNS(=O)(=O)c1c(C)cc(C)cc1C)C1CC1. The first kappa shape index (κ1) is 17.0. The predicted molar refractivity (Wildman–Crippen MR) is 86.3 cm³/mol. The van der Waals surface area contributed by atoms with Crippen LogP contribution in [0.1, 0.15) is 36.5 Å². The molecule has 1 saturated carbocycles. The maximum atomic E-state index is 12.5. The number of hydrogen-bond donors (Lipinski definition) is 1. The van der Waals surface area contributed by atoms with Gasteiger partial charge in [0.05, 0.1) is 4.90 Å². The van der Waals surface area contributed by atoms with Crippen LogP contribution in [0.5, 0.6) is 0 Å². The van der Waals surface area contributed by atoms with Gasteiger partial charge < -0.3 is 4.90 Å². The van der Waals surface area contributed by atoms with Crippen molar-refractivity contribution < 1.29 is 13.2 Å². The normalized spacial score (nSPS) is 14.9. The summed E-state index contributed by atoms with van der Waals surface area (Å²) in [5.74, 6) is 0.00407. The molecule has 1 N–H and O–H groups in total. The first-order valence-corrected chi connectivity index (χ1v) is 9.05. The van der Waals surface area contributed by atoms with Gasteiger partial charge in [0.2, 0.25) is 15.9 Å². The molecule has 0 spiro atoms. The lowest BCUT2D eigenvalue weighted by Crippen LogP contribution is -2.39. The zero-order valence-corrected chi connectivity index (χ0v) is 14.5. The van der Waals surface area contributed by atoms with Crippen molar-refractivity contribution >= 4 is 15.9 Å². The van der Waals surface area contributed by atoms with Crippen molar-refractivity contribution in [1.29, 1.82) is 0 Å². The highest BCUT2D eigenvalue weighted by atomic mass is 32.2. The lowest BCUT2D eigenvalue weighted by atomic mass is 10.1. The summed E-state index contributed by atoms with van der Waals surface area (Å²) in [7, 11) is -3.55. The van der Waals surface area contributed by atoms with Gasteiger partial charge in [0.1, 0.15) is 0 Å². The van der Waals surface area contributed by atoms with E-state index in [0.717, 1.165) is 29.5 Å². The number of carbonyl (C=O) groups is 1. The molecule has 122 valence electrons. The number of sulfonamides is 1. The van der Waals surface area contributed by atoms with E-state index in [1.54, 1.807) is 18.7 Å². The third-order valence-electron chi connectivity index (χ3n) is 3.91. The van der Waals surface area contributed by atoms with E-state index in [9.17, 15) is 13.2 Å². The number of hydrogen-bond acceptors (Lipinski definition) is 3. The molecule has 0 bridgehead atoms. The highest BCUT2D eigenvalue weighted by Gasteiger charge is 2.30. The molecule has 0 aromatic heterocycles. The molecule has 0 heterocycles. The van der Waals surface area contributed by atoms with Crippen molar-refractivity contribution in [2.45, 2.75) is 51.5 Å². The second-order valence-corrected chi connectivity index (χ2v) is 7.77. The summed E-state index contributed by atoms with van der Waals surface area (Å²) in [6.07, 6.45) is 2.03. The fourth-order valence-corrected chi connectivity index (χ4v) is 4.42. The summed E-state index contributed by atoms with van der Waals surface area (Å²) < 4.78 is 27.6. The molecule has 0 radical (unpaired) electrons. The second-order valence-electron chi connectivity index (χ2n) is 6.07. The molecule has 1 aromatic carbocycles. The van der Waals surface area contributed by atoms with Gasteiger partial charge in [-0.3, -0.25) is 4.79 Å². The van der Waals surface area contributed by atoms with Crippen molar-refractivity contribution in [3.63, 3.8) is 0 Å². The molecule has 1 fully saturated rings. The summed E-state index contributed by atoms with van der Waals surface area (Å²) in [6.45, 7) is 7.75. The molecule has 0 atom stereocenters. The minimum atomic E-state index is -3.55. The highest BCUT2D eigenvalue weighted by molar-refractivity contribution is 7.89. The Hall–Kier alpha value is -1.40. The van der Waals surface area contributed by atoms with Crippen LogP contribution in [0, 0.1) is 20.8 Å². The number of aryl methyl sites for hydroxylation is 3. The van der Waals surface area contributed by atoms with E-state index in [0.29, 0.717) is 17.5 Å². The van der Waals surface area contributed by atoms with Crippen molar-refractivity contribution in [3.8, 4) is 0 Å². The van der Waals surface area contributed by atoms with Gasteiger partial charge in [0.15, 0.2) is 0 Å². The first-order chi connectivity index (χ1) is 10.2. The van der Waals surface area contributed by atoms with Gasteiger partial charge in [-0.05, 0) is 44.7 Å². The summed E-state index contributed by atoms with van der Waals surface area (Å²) in [5, 5.41) is 0. The van der Waals surface area contributed by atoms with Crippen molar-refractivity contribution in [2.75, 3.05) is 13.1 Å². The number of nitrogens with zero attached hydrogens (tertiary/aromatic N) is 1. The van der Waals surface area contributed by atoms with E-state index in [2.05, 4.69) is 4.72 Å². The molecular formula is C16H24N2O3S. The molecule has 0 saturated heterocycles. The summed E-state index contributed by atoms with van der Waals surface area (Å²) in [4.78, 5) is 13.6. The zero-order chi connectivity index (χ0) is 16.5. The third kappa shape index (κ3) is 3.87. The van der Waals surface area contributed by atoms with E-state index in [1.165, 1.54) is 6.92 Å². The van der Waals surface area contributed by atoms with E-state index in [-0.39, 0.29) is 12.5 Å². The van der Waals surface area contributed by atoms with Gasteiger partial charge in [-0.1, -0.05) is 17.7 Å². The lowest BCUT2D eigenvalue weighted by molar-refractivity contribution is -0.129. The monoisotopic (exact) mass is 324 g/mol. The Bertz CT molecular complexity index is 656. The number of carbonyl (C=O) groups excluding carboxylic acids is 1. The molecule has 0 unspecified atom stereocenters. The quantitative estimate of drug-likeness (QED) is 0.869.